The molecule has 5 rings (SSSR count). The largest absolute Gasteiger partial charge is 0.759 e. The first kappa shape index (κ1) is 31.4. The van der Waals surface area contributed by atoms with Crippen LogP contribution in [0.4, 0.5) is 29.5 Å². The van der Waals surface area contributed by atoms with Gasteiger partial charge >= 0.3 is 12.2 Å². The molecule has 15 heteroatoms. The molecule has 1 saturated heterocycles. The normalized spacial score (nSPS) is 15.2. The number of pyridine rings is 2. The smallest absolute Gasteiger partial charge is 0.405 e. The van der Waals surface area contributed by atoms with E-state index in [1.54, 1.807) is 48.8 Å². The SMILES string of the molecule is CN(C)N(CC1CCN(c2ccc(-c3ccn4c(-c5cccc(NC(=O)NCC(F)(F)F)c5)cnc4c3)cn2)CC1)S(=O)[O-]. The van der Waals surface area contributed by atoms with Crippen LogP contribution < -0.4 is 15.5 Å². The van der Waals surface area contributed by atoms with Gasteiger partial charge in [0.25, 0.3) is 0 Å². The number of carbonyl (C=O) groups excluding carboxylic acids is 1. The number of nitrogens with one attached hydrogen (secondary N) is 2. The van der Waals surface area contributed by atoms with Gasteiger partial charge in [0, 0.05) is 74.2 Å². The van der Waals surface area contributed by atoms with E-state index in [9.17, 15) is 26.7 Å². The van der Waals surface area contributed by atoms with Crippen LogP contribution in [0, 0.1) is 5.92 Å². The molecule has 2 amide bonds. The van der Waals surface area contributed by atoms with E-state index in [0.717, 1.165) is 54.1 Å². The highest BCUT2D eigenvalue weighted by Gasteiger charge is 2.28. The summed E-state index contributed by atoms with van der Waals surface area (Å²) in [7, 11) is 3.44. The Morgan fingerprint density at radius 3 is 2.48 bits per heavy atom. The van der Waals surface area contributed by atoms with Gasteiger partial charge in [0.1, 0.15) is 18.0 Å². The Kier molecular flexibility index (Phi) is 9.48. The number of carbonyl (C=O) groups is 1. The van der Waals surface area contributed by atoms with Crippen molar-refractivity contribution in [3.8, 4) is 22.4 Å². The third-order valence-corrected chi connectivity index (χ3v) is 8.25. The number of imidazole rings is 1. The molecule has 2 N–H and O–H groups in total. The molecule has 1 atom stereocenters. The molecule has 4 aromatic rings. The van der Waals surface area contributed by atoms with Crippen molar-refractivity contribution < 1.29 is 26.7 Å². The molecule has 44 heavy (non-hydrogen) atoms. The van der Waals surface area contributed by atoms with Crippen LogP contribution in [-0.4, -0.2) is 85.0 Å². The summed E-state index contributed by atoms with van der Waals surface area (Å²) in [4.78, 5) is 23.3. The van der Waals surface area contributed by atoms with Gasteiger partial charge in [-0.2, -0.15) is 17.6 Å². The van der Waals surface area contributed by atoms with Gasteiger partial charge in [-0.05, 0) is 60.7 Å². The van der Waals surface area contributed by atoms with Crippen molar-refractivity contribution in [3.05, 3.63) is 67.1 Å². The van der Waals surface area contributed by atoms with Crippen molar-refractivity contribution in [2.75, 3.05) is 50.5 Å². The second kappa shape index (κ2) is 13.3. The van der Waals surface area contributed by atoms with Gasteiger partial charge in [0.05, 0.1) is 11.9 Å². The molecule has 3 aromatic heterocycles. The molecule has 1 aliphatic rings. The van der Waals surface area contributed by atoms with Gasteiger partial charge in [0.15, 0.2) is 0 Å². The Hall–Kier alpha value is -4.05. The summed E-state index contributed by atoms with van der Waals surface area (Å²) in [5.74, 6) is 1.15. The van der Waals surface area contributed by atoms with Crippen molar-refractivity contribution in [3.63, 3.8) is 0 Å². The van der Waals surface area contributed by atoms with Crippen LogP contribution in [0.15, 0.2) is 67.1 Å². The van der Waals surface area contributed by atoms with Crippen LogP contribution in [-0.2, 0) is 11.3 Å². The monoisotopic (exact) mass is 629 g/mol. The second-order valence-electron chi connectivity index (χ2n) is 10.7. The Labute approximate surface area is 255 Å². The fourth-order valence-corrected chi connectivity index (χ4v) is 5.75. The lowest BCUT2D eigenvalue weighted by Crippen LogP contribution is -2.44. The van der Waals surface area contributed by atoms with Gasteiger partial charge < -0.3 is 20.1 Å². The fraction of sp³-hybridized carbons (Fsp3) is 0.345. The van der Waals surface area contributed by atoms with Crippen LogP contribution in [0.25, 0.3) is 28.0 Å². The van der Waals surface area contributed by atoms with Gasteiger partial charge in [0.2, 0.25) is 0 Å². The zero-order valence-corrected chi connectivity index (χ0v) is 24.9. The van der Waals surface area contributed by atoms with E-state index in [1.807, 2.05) is 47.1 Å². The number of urea groups is 1. The predicted molar refractivity (Wildman–Crippen MR) is 161 cm³/mol. The number of piperidine rings is 1. The molecule has 1 aliphatic heterocycles. The highest BCUT2D eigenvalue weighted by atomic mass is 32.2. The van der Waals surface area contributed by atoms with E-state index in [-0.39, 0.29) is 5.92 Å². The Morgan fingerprint density at radius 2 is 1.82 bits per heavy atom. The molecule has 0 spiro atoms. The first-order valence-electron chi connectivity index (χ1n) is 13.9. The lowest BCUT2D eigenvalue weighted by Gasteiger charge is -2.37. The summed E-state index contributed by atoms with van der Waals surface area (Å²) in [6.07, 6.45) is 2.64. The Bertz CT molecular complexity index is 1620. The first-order valence-corrected chi connectivity index (χ1v) is 14.9. The van der Waals surface area contributed by atoms with Crippen molar-refractivity contribution >= 4 is 34.5 Å². The molecule has 11 nitrogen and oxygen atoms in total. The van der Waals surface area contributed by atoms with E-state index >= 15 is 0 Å². The second-order valence-corrected chi connectivity index (χ2v) is 11.6. The Morgan fingerprint density at radius 1 is 1.05 bits per heavy atom. The molecular formula is C29H32F3N8O3S-. The lowest BCUT2D eigenvalue weighted by molar-refractivity contribution is -0.122. The number of rotatable bonds is 9. The topological polar surface area (TPSA) is 121 Å². The number of hydrogen-bond acceptors (Lipinski definition) is 7. The number of fused-ring (bicyclic) bond motifs is 1. The number of amides is 2. The third-order valence-electron chi connectivity index (χ3n) is 7.43. The molecule has 4 heterocycles. The van der Waals surface area contributed by atoms with Crippen LogP contribution in [0.1, 0.15) is 12.8 Å². The van der Waals surface area contributed by atoms with Crippen molar-refractivity contribution in [2.24, 2.45) is 5.92 Å². The Balaban J connectivity index is 1.23. The molecule has 1 unspecified atom stereocenters. The van der Waals surface area contributed by atoms with Gasteiger partial charge in [-0.15, -0.1) is 0 Å². The van der Waals surface area contributed by atoms with Crippen LogP contribution in [0.2, 0.25) is 0 Å². The lowest BCUT2D eigenvalue weighted by atomic mass is 9.97. The van der Waals surface area contributed by atoms with E-state index < -0.39 is 30.0 Å². The zero-order chi connectivity index (χ0) is 31.4. The van der Waals surface area contributed by atoms with Crippen molar-refractivity contribution in [1.82, 2.24) is 29.1 Å². The average Bonchev–Trinajstić information content (AvgIpc) is 3.42. The summed E-state index contributed by atoms with van der Waals surface area (Å²) < 4.78 is 63.4. The number of benzene rings is 1. The summed E-state index contributed by atoms with van der Waals surface area (Å²) in [5.41, 5.74) is 4.36. The van der Waals surface area contributed by atoms with Gasteiger partial charge in [-0.1, -0.05) is 12.1 Å². The van der Waals surface area contributed by atoms with Crippen LogP contribution in [0.5, 0.6) is 0 Å². The van der Waals surface area contributed by atoms with Crippen LogP contribution in [0.3, 0.4) is 0 Å². The van der Waals surface area contributed by atoms with E-state index in [1.165, 1.54) is 4.41 Å². The standard InChI is InChI=1S/C29H33F3N8O3S/c1-37(2)40(44(42)43)18-20-8-11-38(12-9-20)26-7-6-23(16-33-26)21-10-13-39-25(17-34-27(39)15-21)22-4-3-5-24(14-22)36-28(41)35-19-29(30,31)32/h3-7,10,13-17,20H,8-9,11-12,18-19H2,1-2H3,(H,42,43)(H2,35,36,41)/p-1. The molecular weight excluding hydrogens is 597 g/mol. The number of aromatic nitrogens is 3. The molecule has 0 aliphatic carbocycles. The summed E-state index contributed by atoms with van der Waals surface area (Å²) in [5, 5.41) is 5.80. The molecule has 1 fully saturated rings. The number of alkyl halides is 3. The maximum Gasteiger partial charge on any atom is 0.405 e. The zero-order valence-electron chi connectivity index (χ0n) is 24.1. The number of hydrogen-bond donors (Lipinski definition) is 2. The molecule has 0 bridgehead atoms. The molecule has 0 radical (unpaired) electrons. The maximum absolute atomic E-state index is 12.4. The molecule has 0 saturated carbocycles. The number of halogens is 3. The highest BCUT2D eigenvalue weighted by molar-refractivity contribution is 7.76. The predicted octanol–water partition coefficient (Wildman–Crippen LogP) is 4.54. The van der Waals surface area contributed by atoms with Crippen LogP contribution >= 0.6 is 0 Å². The molecule has 234 valence electrons. The van der Waals surface area contributed by atoms with E-state index in [4.69, 9.17) is 4.98 Å². The van der Waals surface area contributed by atoms with E-state index in [2.05, 4.69) is 15.2 Å². The summed E-state index contributed by atoms with van der Waals surface area (Å²) in [6, 6.07) is 13.7. The quantitative estimate of drug-likeness (QED) is 0.206. The van der Waals surface area contributed by atoms with Crippen molar-refractivity contribution in [1.29, 1.82) is 0 Å². The minimum atomic E-state index is -4.50. The fourth-order valence-electron chi connectivity index (χ4n) is 5.15. The van der Waals surface area contributed by atoms with Gasteiger partial charge in [-0.25, -0.2) is 19.8 Å². The first-order chi connectivity index (χ1) is 21.0. The van der Waals surface area contributed by atoms with Crippen molar-refractivity contribution in [2.45, 2.75) is 19.0 Å². The number of anilines is 2. The minimum Gasteiger partial charge on any atom is -0.759 e. The number of hydrazine groups is 1. The minimum absolute atomic E-state index is 0.276. The summed E-state index contributed by atoms with van der Waals surface area (Å²) >= 11 is -2.29. The maximum atomic E-state index is 12.4. The highest BCUT2D eigenvalue weighted by Crippen LogP contribution is 2.29. The third kappa shape index (κ3) is 7.72. The van der Waals surface area contributed by atoms with E-state index in [0.29, 0.717) is 17.9 Å². The number of nitrogens with zero attached hydrogens (tertiary/aromatic N) is 6. The summed E-state index contributed by atoms with van der Waals surface area (Å²) in [6.45, 7) is 0.631. The average molecular weight is 630 g/mol. The van der Waals surface area contributed by atoms with Gasteiger partial charge in [-0.3, -0.25) is 8.61 Å². The molecule has 1 aromatic carbocycles.